The lowest BCUT2D eigenvalue weighted by Crippen LogP contribution is -2.23. The molecule has 0 unspecified atom stereocenters. The van der Waals surface area contributed by atoms with Crippen LogP contribution in [-0.4, -0.2) is 18.4 Å². The Morgan fingerprint density at radius 1 is 1.50 bits per heavy atom. The van der Waals surface area contributed by atoms with Crippen LogP contribution in [0.2, 0.25) is 4.47 Å². The molecule has 5 nitrogen and oxygen atoms in total. The van der Waals surface area contributed by atoms with Gasteiger partial charge in [0.1, 0.15) is 0 Å². The molecular formula is C10H10ClN3O2S2. The maximum Gasteiger partial charge on any atom is 0.252 e. The van der Waals surface area contributed by atoms with Crippen molar-refractivity contribution in [3.63, 3.8) is 0 Å². The van der Waals surface area contributed by atoms with E-state index < -0.39 is 10.0 Å². The molecule has 0 saturated carbocycles. The van der Waals surface area contributed by atoms with E-state index in [1.807, 2.05) is 0 Å². The van der Waals surface area contributed by atoms with Crippen molar-refractivity contribution in [3.05, 3.63) is 40.3 Å². The predicted molar refractivity (Wildman–Crippen MR) is 70.1 cm³/mol. The number of rotatable bonds is 4. The van der Waals surface area contributed by atoms with Crippen LogP contribution in [0, 0.1) is 6.92 Å². The number of hydrogen-bond donors (Lipinski definition) is 1. The summed E-state index contributed by atoms with van der Waals surface area (Å²) in [4.78, 5) is 7.80. The average molecular weight is 304 g/mol. The number of hydrogen-bond acceptors (Lipinski definition) is 5. The normalized spacial score (nSPS) is 11.7. The average Bonchev–Trinajstić information content (AvgIpc) is 2.68. The van der Waals surface area contributed by atoms with Gasteiger partial charge in [0.15, 0.2) is 8.68 Å². The molecule has 0 aliphatic rings. The van der Waals surface area contributed by atoms with Crippen LogP contribution in [0.4, 0.5) is 0 Å². The minimum atomic E-state index is -3.57. The molecule has 1 N–H and O–H groups in total. The van der Waals surface area contributed by atoms with Crippen molar-refractivity contribution in [1.82, 2.24) is 14.7 Å². The molecule has 8 heteroatoms. The molecule has 0 atom stereocenters. The van der Waals surface area contributed by atoms with Gasteiger partial charge >= 0.3 is 0 Å². The Labute approximate surface area is 114 Å². The summed E-state index contributed by atoms with van der Waals surface area (Å²) in [6, 6.07) is 3.54. The van der Waals surface area contributed by atoms with E-state index in [0.29, 0.717) is 5.69 Å². The van der Waals surface area contributed by atoms with Crippen LogP contribution in [0.1, 0.15) is 11.3 Å². The van der Waals surface area contributed by atoms with E-state index in [1.165, 1.54) is 0 Å². The molecule has 0 bridgehead atoms. The SMILES string of the molecule is Cc1nc(Cl)sc1S(=O)(=O)NCc1cccnc1. The minimum absolute atomic E-state index is 0.149. The van der Waals surface area contributed by atoms with Gasteiger partial charge < -0.3 is 0 Å². The highest BCUT2D eigenvalue weighted by molar-refractivity contribution is 7.91. The Morgan fingerprint density at radius 2 is 2.28 bits per heavy atom. The maximum atomic E-state index is 12.0. The first-order chi connectivity index (χ1) is 8.49. The van der Waals surface area contributed by atoms with Crippen LogP contribution in [0.3, 0.4) is 0 Å². The first-order valence-corrected chi connectivity index (χ1v) is 7.68. The van der Waals surface area contributed by atoms with Gasteiger partial charge in [-0.3, -0.25) is 4.98 Å². The van der Waals surface area contributed by atoms with E-state index in [-0.39, 0.29) is 15.2 Å². The summed E-state index contributed by atoms with van der Waals surface area (Å²) in [5.41, 5.74) is 1.19. The second-order valence-electron chi connectivity index (χ2n) is 3.53. The lowest BCUT2D eigenvalue weighted by molar-refractivity contribution is 0.582. The third-order valence-corrected chi connectivity index (χ3v) is 5.43. The van der Waals surface area contributed by atoms with Crippen LogP contribution >= 0.6 is 22.9 Å². The molecular weight excluding hydrogens is 294 g/mol. The molecule has 0 fully saturated rings. The van der Waals surface area contributed by atoms with Crippen molar-refractivity contribution in [2.24, 2.45) is 0 Å². The van der Waals surface area contributed by atoms with Crippen molar-refractivity contribution in [3.8, 4) is 0 Å². The monoisotopic (exact) mass is 303 g/mol. The summed E-state index contributed by atoms with van der Waals surface area (Å²) in [6.45, 7) is 1.80. The second-order valence-corrected chi connectivity index (χ2v) is 7.07. The summed E-state index contributed by atoms with van der Waals surface area (Å²) >= 11 is 6.64. The summed E-state index contributed by atoms with van der Waals surface area (Å²) in [5.74, 6) is 0. The van der Waals surface area contributed by atoms with E-state index in [1.54, 1.807) is 31.5 Å². The molecule has 0 spiro atoms. The molecule has 0 radical (unpaired) electrons. The molecule has 2 aromatic heterocycles. The van der Waals surface area contributed by atoms with Crippen molar-refractivity contribution < 1.29 is 8.42 Å². The van der Waals surface area contributed by atoms with Crippen LogP contribution in [0.25, 0.3) is 0 Å². The molecule has 0 saturated heterocycles. The number of pyridine rings is 1. The molecule has 0 aromatic carbocycles. The standard InChI is InChI=1S/C10H10ClN3O2S2/c1-7-9(17-10(11)14-7)18(15,16)13-6-8-3-2-4-12-5-8/h2-5,13H,6H2,1H3. The van der Waals surface area contributed by atoms with Crippen LogP contribution < -0.4 is 4.72 Å². The Kier molecular flexibility index (Phi) is 3.96. The minimum Gasteiger partial charge on any atom is -0.264 e. The van der Waals surface area contributed by atoms with Gasteiger partial charge in [0, 0.05) is 18.9 Å². The Morgan fingerprint density at radius 3 is 2.83 bits per heavy atom. The number of aromatic nitrogens is 2. The predicted octanol–water partition coefficient (Wildman–Crippen LogP) is 1.98. The highest BCUT2D eigenvalue weighted by atomic mass is 35.5. The fourth-order valence-electron chi connectivity index (χ4n) is 1.35. The topological polar surface area (TPSA) is 72.0 Å². The summed E-state index contributed by atoms with van der Waals surface area (Å²) in [6.07, 6.45) is 3.24. The van der Waals surface area contributed by atoms with Crippen molar-refractivity contribution >= 4 is 33.0 Å². The van der Waals surface area contributed by atoms with Crippen molar-refractivity contribution in [2.75, 3.05) is 0 Å². The van der Waals surface area contributed by atoms with Gasteiger partial charge in [-0.25, -0.2) is 18.1 Å². The third kappa shape index (κ3) is 3.05. The van der Waals surface area contributed by atoms with Gasteiger partial charge in [0.05, 0.1) is 5.69 Å². The molecule has 18 heavy (non-hydrogen) atoms. The highest BCUT2D eigenvalue weighted by Gasteiger charge is 2.20. The number of sulfonamides is 1. The van der Waals surface area contributed by atoms with E-state index in [4.69, 9.17) is 11.6 Å². The van der Waals surface area contributed by atoms with E-state index in [2.05, 4.69) is 14.7 Å². The largest absolute Gasteiger partial charge is 0.264 e. The molecule has 2 aromatic rings. The number of nitrogens with one attached hydrogen (secondary N) is 1. The zero-order chi connectivity index (χ0) is 13.2. The molecule has 96 valence electrons. The fourth-order valence-corrected chi connectivity index (χ4v) is 4.15. The Balaban J connectivity index is 2.16. The summed E-state index contributed by atoms with van der Waals surface area (Å²) in [7, 11) is -3.57. The molecule has 0 aliphatic heterocycles. The molecule has 0 amide bonds. The van der Waals surface area contributed by atoms with E-state index in [0.717, 1.165) is 16.9 Å². The third-order valence-electron chi connectivity index (χ3n) is 2.16. The lowest BCUT2D eigenvalue weighted by Gasteiger charge is -2.04. The van der Waals surface area contributed by atoms with E-state index in [9.17, 15) is 8.42 Å². The number of thiazole rings is 1. The first-order valence-electron chi connectivity index (χ1n) is 5.00. The van der Waals surface area contributed by atoms with Crippen LogP contribution in [0.5, 0.6) is 0 Å². The fraction of sp³-hybridized carbons (Fsp3) is 0.200. The second kappa shape index (κ2) is 5.31. The zero-order valence-corrected chi connectivity index (χ0v) is 11.8. The van der Waals surface area contributed by atoms with Crippen LogP contribution in [-0.2, 0) is 16.6 Å². The van der Waals surface area contributed by atoms with E-state index >= 15 is 0 Å². The Hall–Kier alpha value is -1.02. The molecule has 0 aliphatic carbocycles. The number of halogens is 1. The van der Waals surface area contributed by atoms with Gasteiger partial charge in [-0.2, -0.15) is 0 Å². The summed E-state index contributed by atoms with van der Waals surface area (Å²) < 4.78 is 26.9. The quantitative estimate of drug-likeness (QED) is 0.937. The van der Waals surface area contributed by atoms with Crippen LogP contribution in [0.15, 0.2) is 28.7 Å². The van der Waals surface area contributed by atoms with Gasteiger partial charge in [-0.15, -0.1) is 0 Å². The number of nitrogens with zero attached hydrogens (tertiary/aromatic N) is 2. The van der Waals surface area contributed by atoms with Gasteiger partial charge in [0.2, 0.25) is 0 Å². The first kappa shape index (κ1) is 13.4. The smallest absolute Gasteiger partial charge is 0.252 e. The molecule has 2 heterocycles. The zero-order valence-electron chi connectivity index (χ0n) is 9.42. The van der Waals surface area contributed by atoms with Gasteiger partial charge in [0.25, 0.3) is 10.0 Å². The lowest BCUT2D eigenvalue weighted by atomic mass is 10.3. The van der Waals surface area contributed by atoms with Crippen molar-refractivity contribution in [1.29, 1.82) is 0 Å². The highest BCUT2D eigenvalue weighted by Crippen LogP contribution is 2.26. The number of aryl methyl sites for hydroxylation is 1. The Bertz CT molecular complexity index is 640. The summed E-state index contributed by atoms with van der Waals surface area (Å²) in [5, 5.41) is 0. The van der Waals surface area contributed by atoms with Gasteiger partial charge in [-0.05, 0) is 18.6 Å². The van der Waals surface area contributed by atoms with Gasteiger partial charge in [-0.1, -0.05) is 29.0 Å². The van der Waals surface area contributed by atoms with Crippen molar-refractivity contribution in [2.45, 2.75) is 17.7 Å². The molecule has 2 rings (SSSR count). The maximum absolute atomic E-state index is 12.0.